The highest BCUT2D eigenvalue weighted by atomic mass is 32.2. The Hall–Kier alpha value is -4.86. The number of hydrogen-bond acceptors (Lipinski definition) is 13. The van der Waals surface area contributed by atoms with Crippen molar-refractivity contribution >= 4 is 80.7 Å². The van der Waals surface area contributed by atoms with E-state index in [1.807, 2.05) is 67.3 Å². The number of fused-ring (bicyclic) bond motifs is 6. The van der Waals surface area contributed by atoms with Crippen molar-refractivity contribution in [1.82, 2.24) is 0 Å². The van der Waals surface area contributed by atoms with Gasteiger partial charge >= 0.3 is 5.97 Å². The zero-order chi connectivity index (χ0) is 49.7. The van der Waals surface area contributed by atoms with Gasteiger partial charge in [0.25, 0.3) is 10.1 Å². The quantitative estimate of drug-likeness (QED) is 0.0285. The summed E-state index contributed by atoms with van der Waals surface area (Å²) in [7, 11) is -10.6. The summed E-state index contributed by atoms with van der Waals surface area (Å²) in [6.45, 7) is 5.47. The number of rotatable bonds is 25. The Morgan fingerprint density at radius 2 is 1.37 bits per heavy atom. The Labute approximate surface area is 398 Å². The van der Waals surface area contributed by atoms with Crippen molar-refractivity contribution in [2.45, 2.75) is 93.8 Å². The molecule has 4 aromatic carbocycles. The second kappa shape index (κ2) is 21.4. The number of carboxylic acids is 1. The largest absolute Gasteiger partial charge is 0.748 e. The molecular weight excluding hydrogens is 937 g/mol. The maximum atomic E-state index is 13.2. The number of Topliss-reactive ketones (excluding diaryl/α,β-unsaturated/α-hetero) is 1. The summed E-state index contributed by atoms with van der Waals surface area (Å²) in [6, 6.07) is 17.3. The summed E-state index contributed by atoms with van der Waals surface area (Å²) >= 11 is 0. The van der Waals surface area contributed by atoms with Gasteiger partial charge in [-0.2, -0.15) is 13.0 Å². The second-order valence-electron chi connectivity index (χ2n) is 17.9. The number of carboxylic acid groups (broad SMARTS) is 1. The highest BCUT2D eigenvalue weighted by molar-refractivity contribution is 7.86. The minimum atomic E-state index is -4.59. The Morgan fingerprint density at radius 3 is 2.01 bits per heavy atom. The summed E-state index contributed by atoms with van der Waals surface area (Å²) in [5, 5.41) is 12.1. The Balaban J connectivity index is 1.54. The lowest BCUT2D eigenvalue weighted by Gasteiger charge is -2.31. The van der Waals surface area contributed by atoms with Crippen LogP contribution < -0.4 is 4.90 Å². The first-order chi connectivity index (χ1) is 32.0. The number of aliphatic carboxylic acids is 1. The lowest BCUT2D eigenvalue weighted by atomic mass is 9.73. The average molecular weight is 996 g/mol. The standard InChI is InChI=1S/C49H60N2O14S3/c1-48(24-10-30-66(55,56)57)43(50(26-7-5-6-15-45(53)54)40-22-17-34-32-36(16-20-38(34)46(40)48)42(52)12-9-28-64-3)13-8-14-44-49(2,25-11-31-67(58,59)60)47-39-21-19-37(68(61,62)63)33-35(39)18-23-41(47)51(44)27-29-65-4/h8,13-14,16-23,32-33H,5-7,9-12,15,24-31H2,1-4H3,(H3-,53,54,55,56,57,58,59,60,61,62,63)/p-1. The van der Waals surface area contributed by atoms with Crippen LogP contribution in [0.25, 0.3) is 21.5 Å². The van der Waals surface area contributed by atoms with Crippen LogP contribution in [0, 0.1) is 0 Å². The van der Waals surface area contributed by atoms with E-state index in [1.54, 1.807) is 32.4 Å². The van der Waals surface area contributed by atoms with E-state index in [4.69, 9.17) is 9.47 Å². The molecule has 2 N–H and O–H groups in total. The molecule has 2 heterocycles. The smallest absolute Gasteiger partial charge is 0.303 e. The second-order valence-corrected chi connectivity index (χ2v) is 22.4. The molecule has 2 aliphatic rings. The van der Waals surface area contributed by atoms with E-state index < -0.39 is 58.7 Å². The van der Waals surface area contributed by atoms with Gasteiger partial charge in [-0.3, -0.25) is 14.1 Å². The number of benzene rings is 4. The van der Waals surface area contributed by atoms with E-state index in [2.05, 4.69) is 4.58 Å². The van der Waals surface area contributed by atoms with Gasteiger partial charge in [0.05, 0.1) is 37.2 Å². The van der Waals surface area contributed by atoms with Gasteiger partial charge in [-0.1, -0.05) is 30.3 Å². The minimum Gasteiger partial charge on any atom is -0.748 e. The van der Waals surface area contributed by atoms with Crippen LogP contribution in [0.2, 0.25) is 0 Å². The number of carbonyl (C=O) groups excluding carboxylic acids is 1. The van der Waals surface area contributed by atoms with Gasteiger partial charge in [0.2, 0.25) is 5.69 Å². The van der Waals surface area contributed by atoms with Gasteiger partial charge in [0.15, 0.2) is 11.5 Å². The van der Waals surface area contributed by atoms with Gasteiger partial charge in [-0.05, 0) is 122 Å². The van der Waals surface area contributed by atoms with Crippen LogP contribution in [0.5, 0.6) is 0 Å². The van der Waals surface area contributed by atoms with Crippen molar-refractivity contribution in [3.8, 4) is 0 Å². The zero-order valence-corrected chi connectivity index (χ0v) is 41.2. The lowest BCUT2D eigenvalue weighted by Crippen LogP contribution is -2.32. The molecule has 2 aliphatic heterocycles. The molecule has 0 aliphatic carbocycles. The summed E-state index contributed by atoms with van der Waals surface area (Å²) in [4.78, 5) is 26.4. The molecule has 68 heavy (non-hydrogen) atoms. The first-order valence-electron chi connectivity index (χ1n) is 22.6. The maximum Gasteiger partial charge on any atom is 0.303 e. The Morgan fingerprint density at radius 1 is 0.735 bits per heavy atom. The number of nitrogens with zero attached hydrogens (tertiary/aromatic N) is 2. The van der Waals surface area contributed by atoms with Crippen molar-refractivity contribution in [2.24, 2.45) is 0 Å². The van der Waals surface area contributed by atoms with E-state index in [0.29, 0.717) is 68.1 Å². The third kappa shape index (κ3) is 11.9. The molecule has 16 nitrogen and oxygen atoms in total. The fraction of sp³-hybridized carbons (Fsp3) is 0.449. The van der Waals surface area contributed by atoms with Gasteiger partial charge in [-0.15, -0.1) is 0 Å². The molecule has 2 atom stereocenters. The average Bonchev–Trinajstić information content (AvgIpc) is 3.64. The molecule has 0 aromatic heterocycles. The third-order valence-electron chi connectivity index (χ3n) is 13.2. The topological polar surface area (TPSA) is 248 Å². The monoisotopic (exact) mass is 995 g/mol. The molecule has 4 aromatic rings. The number of ketones is 1. The molecule has 0 amide bonds. The molecular formula is C49H59N2O14S3-. The predicted molar refractivity (Wildman–Crippen MR) is 258 cm³/mol. The van der Waals surface area contributed by atoms with Crippen molar-refractivity contribution in [3.63, 3.8) is 0 Å². The minimum absolute atomic E-state index is 0.00297. The molecule has 0 bridgehead atoms. The number of ether oxygens (including phenoxy) is 2. The van der Waals surface area contributed by atoms with Crippen molar-refractivity contribution in [3.05, 3.63) is 101 Å². The van der Waals surface area contributed by atoms with Gasteiger partial charge in [0.1, 0.15) is 6.54 Å². The molecule has 0 radical (unpaired) electrons. The number of carbonyl (C=O) groups is 2. The molecule has 368 valence electrons. The first-order valence-corrected chi connectivity index (χ1v) is 27.2. The Kier molecular flexibility index (Phi) is 16.5. The van der Waals surface area contributed by atoms with E-state index >= 15 is 0 Å². The molecule has 19 heteroatoms. The molecule has 0 fully saturated rings. The SMILES string of the molecule is COCCCC(=O)c1ccc2c3c(ccc2c1)[N+](CCCCCC(=O)O)=C(C=CC=C1N(CCOC)c2ccc4cc(S(=O)(=O)O)ccc4c2C1(C)CCCS(=O)(=O)[O-])C3(C)CCCS(=O)(=O)[O-]. The van der Waals surface area contributed by atoms with Crippen molar-refractivity contribution in [2.75, 3.05) is 56.9 Å². The lowest BCUT2D eigenvalue weighted by molar-refractivity contribution is -0.438. The fourth-order valence-corrected chi connectivity index (χ4v) is 11.6. The predicted octanol–water partition coefficient (Wildman–Crippen LogP) is 7.37. The van der Waals surface area contributed by atoms with Gasteiger partial charge in [0, 0.05) is 98.2 Å². The zero-order valence-electron chi connectivity index (χ0n) is 38.7. The van der Waals surface area contributed by atoms with Crippen LogP contribution in [0.1, 0.15) is 99.5 Å². The number of methoxy groups -OCH3 is 2. The Bertz CT molecular complexity index is 3020. The van der Waals surface area contributed by atoms with E-state index in [0.717, 1.165) is 44.7 Å². The number of unbranched alkanes of at least 4 members (excludes halogenated alkanes) is 2. The number of hydrogen-bond donors (Lipinski definition) is 2. The summed E-state index contributed by atoms with van der Waals surface area (Å²) < 4.78 is 119. The normalized spacial score (nSPS) is 19.2. The van der Waals surface area contributed by atoms with E-state index in [-0.39, 0.29) is 49.4 Å². The molecule has 6 rings (SSSR count). The number of allylic oxidation sites excluding steroid dienone is 4. The summed E-state index contributed by atoms with van der Waals surface area (Å²) in [6.07, 6.45) is 8.72. The highest BCUT2D eigenvalue weighted by Crippen LogP contribution is 2.54. The summed E-state index contributed by atoms with van der Waals surface area (Å²) in [5.74, 6) is -2.15. The van der Waals surface area contributed by atoms with Crippen molar-refractivity contribution < 1.29 is 67.7 Å². The molecule has 0 saturated carbocycles. The molecule has 0 spiro atoms. The van der Waals surface area contributed by atoms with Crippen LogP contribution in [-0.4, -0.2) is 118 Å². The van der Waals surface area contributed by atoms with Crippen LogP contribution in [-0.2, 0) is 55.5 Å². The molecule has 0 saturated heterocycles. The van der Waals surface area contributed by atoms with Crippen molar-refractivity contribution in [1.29, 1.82) is 0 Å². The van der Waals surface area contributed by atoms with E-state index in [9.17, 15) is 53.6 Å². The summed E-state index contributed by atoms with van der Waals surface area (Å²) in [5.41, 5.74) is 3.39. The third-order valence-corrected chi connectivity index (χ3v) is 15.6. The van der Waals surface area contributed by atoms with Crippen LogP contribution in [0.15, 0.2) is 89.5 Å². The number of anilines is 1. The maximum absolute atomic E-state index is 13.2. The first kappa shape index (κ1) is 52.5. The fourth-order valence-electron chi connectivity index (χ4n) is 10.1. The van der Waals surface area contributed by atoms with E-state index in [1.165, 1.54) is 12.1 Å². The van der Waals surface area contributed by atoms with Gasteiger partial charge < -0.3 is 28.6 Å². The van der Waals surface area contributed by atoms with Crippen LogP contribution in [0.3, 0.4) is 0 Å². The van der Waals surface area contributed by atoms with Crippen LogP contribution >= 0.6 is 0 Å². The highest BCUT2D eigenvalue weighted by Gasteiger charge is 2.49. The molecule has 2 unspecified atom stereocenters. The van der Waals surface area contributed by atoms with Crippen LogP contribution in [0.4, 0.5) is 11.4 Å². The van der Waals surface area contributed by atoms with Gasteiger partial charge in [-0.25, -0.2) is 16.8 Å².